The van der Waals surface area contributed by atoms with E-state index in [0.29, 0.717) is 15.0 Å². The second kappa shape index (κ2) is 8.13. The van der Waals surface area contributed by atoms with Crippen molar-refractivity contribution in [2.75, 3.05) is 6.61 Å². The van der Waals surface area contributed by atoms with Crippen LogP contribution in [0.4, 0.5) is 4.39 Å². The van der Waals surface area contributed by atoms with E-state index in [1.165, 1.54) is 23.9 Å². The zero-order chi connectivity index (χ0) is 20.7. The van der Waals surface area contributed by atoms with Gasteiger partial charge in [0.2, 0.25) is 5.91 Å². The SMILES string of the molecule is CCOC(=O)CC1CC(=O)n2c1c(Sc1ccc(Cl)cc1)c1c(Br)cc(F)cc12. The number of fused-ring (bicyclic) bond motifs is 3. The number of ether oxygens (including phenoxy) is 1. The minimum absolute atomic E-state index is 0.101. The van der Waals surface area contributed by atoms with Gasteiger partial charge in [-0.25, -0.2) is 4.39 Å². The Kier molecular flexibility index (Phi) is 5.73. The van der Waals surface area contributed by atoms with Crippen LogP contribution in [0.25, 0.3) is 10.9 Å². The van der Waals surface area contributed by atoms with E-state index in [1.54, 1.807) is 23.6 Å². The Morgan fingerprint density at radius 3 is 2.76 bits per heavy atom. The molecule has 0 saturated heterocycles. The van der Waals surface area contributed by atoms with Crippen LogP contribution in [0.2, 0.25) is 5.02 Å². The molecule has 0 saturated carbocycles. The van der Waals surface area contributed by atoms with Crippen LogP contribution in [0, 0.1) is 5.82 Å². The molecule has 29 heavy (non-hydrogen) atoms. The predicted molar refractivity (Wildman–Crippen MR) is 114 cm³/mol. The largest absolute Gasteiger partial charge is 0.466 e. The smallest absolute Gasteiger partial charge is 0.306 e. The highest BCUT2D eigenvalue weighted by Crippen LogP contribution is 2.48. The fourth-order valence-corrected chi connectivity index (χ4v) is 5.73. The third-order valence-corrected chi connectivity index (χ3v) is 6.79. The lowest BCUT2D eigenvalue weighted by Gasteiger charge is -2.11. The Bertz CT molecular complexity index is 1130. The summed E-state index contributed by atoms with van der Waals surface area (Å²) >= 11 is 10.9. The molecule has 1 unspecified atom stereocenters. The molecule has 0 amide bonds. The number of carbonyl (C=O) groups excluding carboxylic acids is 2. The van der Waals surface area contributed by atoms with Crippen molar-refractivity contribution in [3.63, 3.8) is 0 Å². The maximum atomic E-state index is 14.1. The van der Waals surface area contributed by atoms with Crippen molar-refractivity contribution >= 4 is 62.1 Å². The third kappa shape index (κ3) is 3.83. The average molecular weight is 497 g/mol. The van der Waals surface area contributed by atoms with Gasteiger partial charge in [0, 0.05) is 42.7 Å². The fourth-order valence-electron chi connectivity index (χ4n) is 3.67. The van der Waals surface area contributed by atoms with Crippen molar-refractivity contribution < 1.29 is 18.7 Å². The van der Waals surface area contributed by atoms with E-state index in [2.05, 4.69) is 15.9 Å². The Morgan fingerprint density at radius 2 is 2.07 bits per heavy atom. The average Bonchev–Trinajstić information content (AvgIpc) is 3.14. The molecule has 1 aliphatic heterocycles. The summed E-state index contributed by atoms with van der Waals surface area (Å²) in [4.78, 5) is 26.7. The van der Waals surface area contributed by atoms with Crippen molar-refractivity contribution in [2.24, 2.45) is 0 Å². The molecular formula is C21H16BrClFNO3S. The lowest BCUT2D eigenvalue weighted by atomic mass is 10.00. The first-order chi connectivity index (χ1) is 13.9. The summed E-state index contributed by atoms with van der Waals surface area (Å²) in [6.45, 7) is 2.03. The topological polar surface area (TPSA) is 48.3 Å². The van der Waals surface area contributed by atoms with Gasteiger partial charge in [0.05, 0.1) is 18.5 Å². The number of rotatable bonds is 5. The van der Waals surface area contributed by atoms with Crippen LogP contribution < -0.4 is 0 Å². The Balaban J connectivity index is 1.89. The van der Waals surface area contributed by atoms with Crippen LogP contribution in [0.15, 0.2) is 50.7 Å². The van der Waals surface area contributed by atoms with E-state index in [0.717, 1.165) is 20.9 Å². The normalized spacial score (nSPS) is 15.7. The van der Waals surface area contributed by atoms with Crippen LogP contribution in [0.1, 0.15) is 36.2 Å². The highest BCUT2D eigenvalue weighted by molar-refractivity contribution is 9.10. The predicted octanol–water partition coefficient (Wildman–Crippen LogP) is 6.43. The molecule has 150 valence electrons. The summed E-state index contributed by atoms with van der Waals surface area (Å²) in [6.07, 6.45) is 0.288. The lowest BCUT2D eigenvalue weighted by Crippen LogP contribution is -2.09. The molecular weight excluding hydrogens is 481 g/mol. The number of nitrogens with zero attached hydrogens (tertiary/aromatic N) is 1. The van der Waals surface area contributed by atoms with Gasteiger partial charge in [-0.05, 0) is 59.3 Å². The zero-order valence-corrected chi connectivity index (χ0v) is 18.5. The number of benzene rings is 2. The maximum Gasteiger partial charge on any atom is 0.306 e. The van der Waals surface area contributed by atoms with Crippen molar-refractivity contribution in [1.82, 2.24) is 4.57 Å². The van der Waals surface area contributed by atoms with Crippen LogP contribution in [-0.4, -0.2) is 23.1 Å². The van der Waals surface area contributed by atoms with Crippen LogP contribution in [-0.2, 0) is 9.53 Å². The molecule has 3 aromatic rings. The van der Waals surface area contributed by atoms with Gasteiger partial charge in [-0.1, -0.05) is 23.4 Å². The summed E-state index contributed by atoms with van der Waals surface area (Å²) in [5.41, 5.74) is 1.23. The van der Waals surface area contributed by atoms with Gasteiger partial charge in [0.25, 0.3) is 0 Å². The number of halogens is 3. The first-order valence-corrected chi connectivity index (χ1v) is 11.0. The minimum atomic E-state index is -0.436. The molecule has 0 N–H and O–H groups in total. The number of aromatic nitrogens is 1. The van der Waals surface area contributed by atoms with Crippen molar-refractivity contribution in [1.29, 1.82) is 0 Å². The van der Waals surface area contributed by atoms with E-state index in [4.69, 9.17) is 16.3 Å². The van der Waals surface area contributed by atoms with Gasteiger partial charge in [-0.3, -0.25) is 14.2 Å². The Morgan fingerprint density at radius 1 is 1.34 bits per heavy atom. The van der Waals surface area contributed by atoms with Gasteiger partial charge >= 0.3 is 5.97 Å². The first-order valence-electron chi connectivity index (χ1n) is 9.04. The summed E-state index contributed by atoms with van der Waals surface area (Å²) < 4.78 is 21.3. The van der Waals surface area contributed by atoms with Crippen LogP contribution in [0.5, 0.6) is 0 Å². The summed E-state index contributed by atoms with van der Waals surface area (Å²) in [5.74, 6) is -1.26. The highest BCUT2D eigenvalue weighted by Gasteiger charge is 2.37. The van der Waals surface area contributed by atoms with Crippen molar-refractivity contribution in [3.05, 3.63) is 57.4 Å². The van der Waals surface area contributed by atoms with E-state index < -0.39 is 5.82 Å². The molecule has 0 fully saturated rings. The van der Waals surface area contributed by atoms with Gasteiger partial charge in [-0.2, -0.15) is 0 Å². The van der Waals surface area contributed by atoms with Gasteiger partial charge < -0.3 is 4.74 Å². The van der Waals surface area contributed by atoms with E-state index in [9.17, 15) is 14.0 Å². The van der Waals surface area contributed by atoms with Crippen LogP contribution >= 0.6 is 39.3 Å². The molecule has 2 heterocycles. The monoisotopic (exact) mass is 495 g/mol. The summed E-state index contributed by atoms with van der Waals surface area (Å²) in [7, 11) is 0. The van der Waals surface area contributed by atoms with Gasteiger partial charge in [0.15, 0.2) is 0 Å². The van der Waals surface area contributed by atoms with Crippen molar-refractivity contribution in [2.45, 2.75) is 35.5 Å². The Hall–Kier alpha value is -1.83. The molecule has 0 spiro atoms. The number of hydrogen-bond acceptors (Lipinski definition) is 4. The number of esters is 1. The molecule has 4 nitrogen and oxygen atoms in total. The summed E-state index contributed by atoms with van der Waals surface area (Å²) in [6, 6.07) is 10.1. The van der Waals surface area contributed by atoms with Gasteiger partial charge in [-0.15, -0.1) is 0 Å². The molecule has 4 rings (SSSR count). The zero-order valence-electron chi connectivity index (χ0n) is 15.4. The lowest BCUT2D eigenvalue weighted by molar-refractivity contribution is -0.143. The molecule has 0 radical (unpaired) electrons. The fraction of sp³-hybridized carbons (Fsp3) is 0.238. The molecule has 0 bridgehead atoms. The molecule has 8 heteroatoms. The van der Waals surface area contributed by atoms with E-state index >= 15 is 0 Å². The minimum Gasteiger partial charge on any atom is -0.466 e. The second-order valence-corrected chi connectivity index (χ2v) is 9.07. The van der Waals surface area contributed by atoms with Crippen LogP contribution in [0.3, 0.4) is 0 Å². The van der Waals surface area contributed by atoms with E-state index in [-0.39, 0.29) is 37.2 Å². The summed E-state index contributed by atoms with van der Waals surface area (Å²) in [5, 5.41) is 1.38. The third-order valence-electron chi connectivity index (χ3n) is 4.78. The highest BCUT2D eigenvalue weighted by atomic mass is 79.9. The van der Waals surface area contributed by atoms with Crippen molar-refractivity contribution in [3.8, 4) is 0 Å². The number of hydrogen-bond donors (Lipinski definition) is 0. The quantitative estimate of drug-likeness (QED) is 0.382. The second-order valence-electron chi connectivity index (χ2n) is 6.69. The molecule has 1 aromatic heterocycles. The molecule has 1 atom stereocenters. The first kappa shape index (κ1) is 20.4. The van der Waals surface area contributed by atoms with E-state index in [1.807, 2.05) is 12.1 Å². The standard InChI is InChI=1S/C21H16BrClFNO3S/c1-2-28-18(27)8-11-7-17(26)25-16-10-13(24)9-15(22)19(16)21(20(11)25)29-14-5-3-12(23)4-6-14/h3-6,9-11H,2,7-8H2,1H3. The number of carbonyl (C=O) groups is 2. The Labute approximate surface area is 184 Å². The molecule has 0 aliphatic carbocycles. The van der Waals surface area contributed by atoms with Gasteiger partial charge in [0.1, 0.15) is 5.82 Å². The molecule has 1 aliphatic rings. The molecule has 2 aromatic carbocycles. The maximum absolute atomic E-state index is 14.1.